The predicted molar refractivity (Wildman–Crippen MR) is 164 cm³/mol. The molecule has 0 bridgehead atoms. The van der Waals surface area contributed by atoms with Crippen molar-refractivity contribution < 1.29 is 14.3 Å². The Morgan fingerprint density at radius 1 is 1.07 bits per heavy atom. The van der Waals surface area contributed by atoms with Crippen molar-refractivity contribution in [1.82, 2.24) is 19.7 Å². The first-order valence-electron chi connectivity index (χ1n) is 14.1. The van der Waals surface area contributed by atoms with Crippen molar-refractivity contribution in [2.24, 2.45) is 0 Å². The Morgan fingerprint density at radius 3 is 2.54 bits per heavy atom. The van der Waals surface area contributed by atoms with E-state index in [1.165, 1.54) is 0 Å². The van der Waals surface area contributed by atoms with Crippen LogP contribution in [0.2, 0.25) is 0 Å². The molecule has 0 saturated heterocycles. The van der Waals surface area contributed by atoms with Crippen molar-refractivity contribution >= 4 is 29.0 Å². The van der Waals surface area contributed by atoms with E-state index < -0.39 is 0 Å². The number of rotatable bonds is 11. The summed E-state index contributed by atoms with van der Waals surface area (Å²) in [5, 5.41) is 7.51. The van der Waals surface area contributed by atoms with Crippen LogP contribution in [-0.4, -0.2) is 58.1 Å². The molecule has 2 N–H and O–H groups in total. The number of aryl methyl sites for hydroxylation is 1. The minimum Gasteiger partial charge on any atom is -0.497 e. The van der Waals surface area contributed by atoms with Gasteiger partial charge < -0.3 is 19.9 Å². The molecule has 2 aromatic carbocycles. The van der Waals surface area contributed by atoms with Gasteiger partial charge in [0.05, 0.1) is 24.6 Å². The number of H-pyrrole nitrogens is 1. The number of carbonyl (C=O) groups is 2. The summed E-state index contributed by atoms with van der Waals surface area (Å²) in [7, 11) is 1.64. The number of aromatic amines is 1. The predicted octanol–water partition coefficient (Wildman–Crippen LogP) is 6.29. The highest BCUT2D eigenvalue weighted by molar-refractivity contribution is 6.35. The maximum atomic E-state index is 13.1. The second-order valence-electron chi connectivity index (χ2n) is 10.4. The highest BCUT2D eigenvalue weighted by Gasteiger charge is 2.26. The number of amides is 1. The molecule has 0 spiro atoms. The number of hydrogen-bond donors (Lipinski definition) is 2. The molecule has 5 rings (SSSR count). The Morgan fingerprint density at radius 2 is 1.83 bits per heavy atom. The summed E-state index contributed by atoms with van der Waals surface area (Å²) in [6.07, 6.45) is 6.97. The third kappa shape index (κ3) is 5.74. The summed E-state index contributed by atoms with van der Waals surface area (Å²) in [4.78, 5) is 31.9. The van der Waals surface area contributed by atoms with Gasteiger partial charge in [-0.3, -0.25) is 9.59 Å². The number of benzene rings is 2. The van der Waals surface area contributed by atoms with Gasteiger partial charge in [0.2, 0.25) is 0 Å². The van der Waals surface area contributed by atoms with Crippen LogP contribution in [-0.2, 0) is 4.79 Å². The number of fused-ring (bicyclic) bond motifs is 1. The first-order valence-corrected chi connectivity index (χ1v) is 14.1. The summed E-state index contributed by atoms with van der Waals surface area (Å²) >= 11 is 0. The Kier molecular flexibility index (Phi) is 8.21. The molecular weight excluding hydrogens is 514 g/mol. The quantitative estimate of drug-likeness (QED) is 0.169. The highest BCUT2D eigenvalue weighted by Crippen LogP contribution is 2.37. The van der Waals surface area contributed by atoms with Crippen LogP contribution >= 0.6 is 0 Å². The van der Waals surface area contributed by atoms with Crippen LogP contribution in [0.3, 0.4) is 0 Å². The molecule has 0 radical (unpaired) electrons. The zero-order valence-corrected chi connectivity index (χ0v) is 24.4. The van der Waals surface area contributed by atoms with Gasteiger partial charge in [-0.1, -0.05) is 19.9 Å². The van der Waals surface area contributed by atoms with E-state index in [9.17, 15) is 9.59 Å². The number of aromatic nitrogens is 3. The fraction of sp³-hybridized carbons (Fsp3) is 0.303. The van der Waals surface area contributed by atoms with Gasteiger partial charge in [-0.15, -0.1) is 0 Å². The van der Waals surface area contributed by atoms with Crippen LogP contribution in [0, 0.1) is 13.8 Å². The molecule has 0 saturated carbocycles. The molecule has 0 atom stereocenters. The van der Waals surface area contributed by atoms with Gasteiger partial charge in [-0.2, -0.15) is 5.10 Å². The lowest BCUT2D eigenvalue weighted by molar-refractivity contribution is -0.110. The number of anilines is 1. The maximum absolute atomic E-state index is 13.1. The van der Waals surface area contributed by atoms with E-state index in [1.54, 1.807) is 7.11 Å². The first-order chi connectivity index (χ1) is 19.8. The Balaban J connectivity index is 1.40. The molecule has 1 aliphatic heterocycles. The largest absolute Gasteiger partial charge is 0.497 e. The van der Waals surface area contributed by atoms with E-state index in [2.05, 4.69) is 34.1 Å². The van der Waals surface area contributed by atoms with Crippen molar-refractivity contribution in [3.05, 3.63) is 82.9 Å². The standard InChI is InChI=1S/C33H37N5O3/c1-6-37(7-2)16-8-9-31(39)32-21(3)30(35-22(32)4)18-28-27-17-23(10-15-29(27)36-33(28)40)24-19-34-38(20-24)25-11-13-26(41-5)14-12-25/h10-15,17-20,35H,6-9,16H2,1-5H3,(H,36,40)/b28-18-. The van der Waals surface area contributed by atoms with Crippen LogP contribution in [0.5, 0.6) is 5.75 Å². The minimum absolute atomic E-state index is 0.139. The smallest absolute Gasteiger partial charge is 0.256 e. The van der Waals surface area contributed by atoms with E-state index in [0.29, 0.717) is 12.0 Å². The molecular formula is C33H37N5O3. The van der Waals surface area contributed by atoms with Crippen LogP contribution in [0.25, 0.3) is 28.5 Å². The number of ether oxygens (including phenoxy) is 1. The van der Waals surface area contributed by atoms with Crippen LogP contribution in [0.1, 0.15) is 59.6 Å². The molecule has 8 nitrogen and oxygen atoms in total. The van der Waals surface area contributed by atoms with Gasteiger partial charge in [-0.25, -0.2) is 4.68 Å². The zero-order valence-electron chi connectivity index (χ0n) is 24.4. The molecule has 212 valence electrons. The monoisotopic (exact) mass is 551 g/mol. The topological polar surface area (TPSA) is 92.3 Å². The van der Waals surface area contributed by atoms with Gasteiger partial charge in [0.1, 0.15) is 5.75 Å². The van der Waals surface area contributed by atoms with Gasteiger partial charge >= 0.3 is 0 Å². The molecule has 2 aromatic heterocycles. The van der Waals surface area contributed by atoms with E-state index in [0.717, 1.165) is 82.4 Å². The highest BCUT2D eigenvalue weighted by atomic mass is 16.5. The fourth-order valence-corrected chi connectivity index (χ4v) is 5.47. The summed E-state index contributed by atoms with van der Waals surface area (Å²) in [5.41, 5.74) is 8.19. The van der Waals surface area contributed by atoms with Crippen molar-refractivity contribution in [3.63, 3.8) is 0 Å². The first kappa shape index (κ1) is 28.1. The molecule has 41 heavy (non-hydrogen) atoms. The zero-order chi connectivity index (χ0) is 29.1. The van der Waals surface area contributed by atoms with E-state index >= 15 is 0 Å². The van der Waals surface area contributed by atoms with Gasteiger partial charge in [0, 0.05) is 46.4 Å². The van der Waals surface area contributed by atoms with Crippen molar-refractivity contribution in [2.45, 2.75) is 40.5 Å². The molecule has 3 heterocycles. The molecule has 0 aliphatic carbocycles. The van der Waals surface area contributed by atoms with Crippen LogP contribution < -0.4 is 10.1 Å². The third-order valence-electron chi connectivity index (χ3n) is 7.87. The number of hydrogen-bond acceptors (Lipinski definition) is 5. The molecule has 0 unspecified atom stereocenters. The van der Waals surface area contributed by atoms with Crippen molar-refractivity contribution in [3.8, 4) is 22.6 Å². The summed E-state index contributed by atoms with van der Waals surface area (Å²) in [6, 6.07) is 13.6. The van der Waals surface area contributed by atoms with Crippen molar-refractivity contribution in [2.75, 3.05) is 32.1 Å². The molecule has 8 heteroatoms. The molecule has 0 fully saturated rings. The SMILES string of the molecule is CCN(CC)CCCC(=O)c1c(C)[nH]c(/C=C2\C(=O)Nc3ccc(-c4cnn(-c5ccc(OC)cc5)c4)cc32)c1C. The lowest BCUT2D eigenvalue weighted by atomic mass is 9.98. The minimum atomic E-state index is -0.162. The van der Waals surface area contributed by atoms with Crippen LogP contribution in [0.15, 0.2) is 54.9 Å². The summed E-state index contributed by atoms with van der Waals surface area (Å²) < 4.78 is 7.07. The number of ketones is 1. The number of Topliss-reactive ketones (excluding diaryl/α,β-unsaturated/α-hetero) is 1. The lowest BCUT2D eigenvalue weighted by Gasteiger charge is -2.17. The molecule has 1 aliphatic rings. The second-order valence-corrected chi connectivity index (χ2v) is 10.4. The van der Waals surface area contributed by atoms with Gasteiger partial charge in [0.25, 0.3) is 5.91 Å². The van der Waals surface area contributed by atoms with E-state index in [4.69, 9.17) is 4.74 Å². The number of carbonyl (C=O) groups excluding carboxylic acids is 2. The summed E-state index contributed by atoms with van der Waals surface area (Å²) in [5.74, 6) is 0.765. The fourth-order valence-electron chi connectivity index (χ4n) is 5.47. The third-order valence-corrected chi connectivity index (χ3v) is 7.87. The van der Waals surface area contributed by atoms with Gasteiger partial charge in [0.15, 0.2) is 5.78 Å². The summed E-state index contributed by atoms with van der Waals surface area (Å²) in [6.45, 7) is 11.0. The van der Waals surface area contributed by atoms with Crippen LogP contribution in [0.4, 0.5) is 5.69 Å². The van der Waals surface area contributed by atoms with Gasteiger partial charge in [-0.05, 0) is 93.5 Å². The van der Waals surface area contributed by atoms with E-state index in [1.807, 2.05) is 79.5 Å². The van der Waals surface area contributed by atoms with Crippen molar-refractivity contribution in [1.29, 1.82) is 0 Å². The van der Waals surface area contributed by atoms with E-state index in [-0.39, 0.29) is 11.7 Å². The lowest BCUT2D eigenvalue weighted by Crippen LogP contribution is -2.24. The average molecular weight is 552 g/mol. The average Bonchev–Trinajstić information content (AvgIpc) is 3.67. The second kappa shape index (κ2) is 12.0. The maximum Gasteiger partial charge on any atom is 0.256 e. The Labute approximate surface area is 241 Å². The Bertz CT molecular complexity index is 1610. The Hall–Kier alpha value is -4.43. The molecule has 4 aromatic rings. The number of nitrogens with one attached hydrogen (secondary N) is 2. The number of methoxy groups -OCH3 is 1. The molecule has 1 amide bonds. The normalized spacial score (nSPS) is 13.6. The number of nitrogens with zero attached hydrogens (tertiary/aromatic N) is 3.